The number of nitrogens with two attached hydrogens (primary N) is 1. The van der Waals surface area contributed by atoms with Crippen molar-refractivity contribution >= 4 is 26.7 Å². The summed E-state index contributed by atoms with van der Waals surface area (Å²) in [4.78, 5) is 4.44. The Kier molecular flexibility index (Phi) is 4.84. The maximum Gasteiger partial charge on any atom is 0.159 e. The summed E-state index contributed by atoms with van der Waals surface area (Å²) in [6.07, 6.45) is 4.07. The third-order valence-corrected chi connectivity index (χ3v) is 5.70. The molecule has 9 heteroatoms. The van der Waals surface area contributed by atoms with E-state index in [9.17, 15) is 8.42 Å². The van der Waals surface area contributed by atoms with E-state index in [2.05, 4.69) is 27.2 Å². The summed E-state index contributed by atoms with van der Waals surface area (Å²) >= 11 is 0. The van der Waals surface area contributed by atoms with Crippen molar-refractivity contribution in [3.63, 3.8) is 0 Å². The van der Waals surface area contributed by atoms with Gasteiger partial charge in [-0.3, -0.25) is 0 Å². The van der Waals surface area contributed by atoms with Crippen LogP contribution in [0, 0.1) is 0 Å². The number of aromatic nitrogens is 3. The maximum absolute atomic E-state index is 11.5. The largest absolute Gasteiger partial charge is 0.404 e. The molecule has 0 spiro atoms. The maximum atomic E-state index is 11.5. The number of para-hydroxylation sites is 1. The third-order valence-electron chi connectivity index (χ3n) is 3.99. The van der Waals surface area contributed by atoms with Gasteiger partial charge in [-0.15, -0.1) is 5.10 Å². The quantitative estimate of drug-likeness (QED) is 0.615. The van der Waals surface area contributed by atoms with Crippen LogP contribution in [-0.4, -0.2) is 46.8 Å². The molecule has 132 valence electrons. The van der Waals surface area contributed by atoms with Gasteiger partial charge >= 0.3 is 0 Å². The van der Waals surface area contributed by atoms with Gasteiger partial charge in [0.15, 0.2) is 5.84 Å². The molecule has 1 aromatic heterocycles. The molecule has 2 aromatic rings. The molecule has 0 aliphatic carbocycles. The Balaban J connectivity index is 1.79. The lowest BCUT2D eigenvalue weighted by molar-refractivity contribution is 0.498. The summed E-state index contributed by atoms with van der Waals surface area (Å²) in [7, 11) is -2.90. The minimum Gasteiger partial charge on any atom is -0.404 e. The highest BCUT2D eigenvalue weighted by molar-refractivity contribution is 7.91. The summed E-state index contributed by atoms with van der Waals surface area (Å²) in [6, 6.07) is 7.56. The van der Waals surface area contributed by atoms with Crippen molar-refractivity contribution in [3.8, 4) is 0 Å². The van der Waals surface area contributed by atoms with Crippen molar-refractivity contribution in [2.75, 3.05) is 11.5 Å². The van der Waals surface area contributed by atoms with Gasteiger partial charge in [-0.25, -0.2) is 13.4 Å². The number of sulfone groups is 1. The molecule has 1 aromatic carbocycles. The molecule has 1 aliphatic heterocycles. The van der Waals surface area contributed by atoms with Crippen LogP contribution in [0.2, 0.25) is 0 Å². The highest BCUT2D eigenvalue weighted by atomic mass is 32.2. The molecule has 25 heavy (non-hydrogen) atoms. The first-order valence-corrected chi connectivity index (χ1v) is 9.74. The van der Waals surface area contributed by atoms with Crippen LogP contribution in [0.5, 0.6) is 0 Å². The fourth-order valence-electron chi connectivity index (χ4n) is 2.72. The monoisotopic (exact) mass is 360 g/mol. The Morgan fingerprint density at radius 3 is 2.80 bits per heavy atom. The molecular weight excluding hydrogens is 340 g/mol. The fourth-order valence-corrected chi connectivity index (χ4v) is 4.21. The van der Waals surface area contributed by atoms with Gasteiger partial charge < -0.3 is 11.1 Å². The topological polar surface area (TPSA) is 115 Å². The second-order valence-corrected chi connectivity index (χ2v) is 8.14. The lowest BCUT2D eigenvalue weighted by atomic mass is 10.1. The Hall–Kier alpha value is -2.68. The van der Waals surface area contributed by atoms with Crippen LogP contribution in [-0.2, 0) is 9.84 Å². The van der Waals surface area contributed by atoms with Crippen LogP contribution in [0.4, 0.5) is 0 Å². The number of rotatable bonds is 4. The Morgan fingerprint density at radius 1 is 1.36 bits per heavy atom. The molecule has 3 rings (SSSR count). The van der Waals surface area contributed by atoms with Gasteiger partial charge in [0.05, 0.1) is 17.0 Å². The number of aliphatic imine (C=N–C) groups is 1. The highest BCUT2D eigenvalue weighted by Gasteiger charge is 2.23. The van der Waals surface area contributed by atoms with E-state index in [1.165, 1.54) is 6.20 Å². The predicted molar refractivity (Wildman–Crippen MR) is 97.6 cm³/mol. The van der Waals surface area contributed by atoms with Crippen molar-refractivity contribution < 1.29 is 8.42 Å². The van der Waals surface area contributed by atoms with Crippen molar-refractivity contribution in [1.82, 2.24) is 20.3 Å². The number of nitrogens with one attached hydrogen (secondary N) is 1. The van der Waals surface area contributed by atoms with Gasteiger partial charge in [-0.1, -0.05) is 23.9 Å². The van der Waals surface area contributed by atoms with Crippen LogP contribution < -0.4 is 11.1 Å². The number of allylic oxidation sites excluding steroid dienone is 1. The minimum atomic E-state index is -2.90. The van der Waals surface area contributed by atoms with E-state index in [-0.39, 0.29) is 17.5 Å². The first-order chi connectivity index (χ1) is 12.0. The Bertz CT molecular complexity index is 930. The Morgan fingerprint density at radius 2 is 2.08 bits per heavy atom. The molecule has 1 fully saturated rings. The van der Waals surface area contributed by atoms with Gasteiger partial charge in [-0.05, 0) is 37.3 Å². The second-order valence-electron chi connectivity index (χ2n) is 5.84. The van der Waals surface area contributed by atoms with E-state index >= 15 is 0 Å². The van der Waals surface area contributed by atoms with E-state index in [1.54, 1.807) is 10.8 Å². The normalized spacial score (nSPS) is 18.6. The van der Waals surface area contributed by atoms with E-state index < -0.39 is 9.84 Å². The minimum absolute atomic E-state index is 0.0374. The molecular formula is C16H20N6O2S. The van der Waals surface area contributed by atoms with E-state index in [0.717, 1.165) is 11.0 Å². The number of hydrogen-bond acceptors (Lipinski definition) is 7. The summed E-state index contributed by atoms with van der Waals surface area (Å²) in [5.41, 5.74) is 7.08. The molecule has 0 atom stereocenters. The molecule has 2 heterocycles. The lowest BCUT2D eigenvalue weighted by Gasteiger charge is -2.23. The first-order valence-electron chi connectivity index (χ1n) is 7.92. The number of nitrogens with zero attached hydrogens (tertiary/aromatic N) is 4. The number of fused-ring (bicyclic) bond motifs is 1. The molecule has 3 N–H and O–H groups in total. The predicted octanol–water partition coefficient (Wildman–Crippen LogP) is 0.788. The van der Waals surface area contributed by atoms with Gasteiger partial charge in [0.1, 0.15) is 21.2 Å². The van der Waals surface area contributed by atoms with Crippen molar-refractivity contribution in [3.05, 3.63) is 48.9 Å². The summed E-state index contributed by atoms with van der Waals surface area (Å²) in [5.74, 6) is 1.27. The van der Waals surface area contributed by atoms with Crippen LogP contribution in [0.25, 0.3) is 11.0 Å². The second kappa shape index (κ2) is 7.06. The van der Waals surface area contributed by atoms with Gasteiger partial charge in [0, 0.05) is 6.04 Å². The number of benzene rings is 1. The SMILES string of the molecule is C=C(N=C(/C=C\N)n1nnc2ccccc21)NC1CCS(=O)(=O)CC1. The van der Waals surface area contributed by atoms with Crippen molar-refractivity contribution in [2.45, 2.75) is 18.9 Å². The molecule has 0 bridgehead atoms. The van der Waals surface area contributed by atoms with Gasteiger partial charge in [0.25, 0.3) is 0 Å². The van der Waals surface area contributed by atoms with Gasteiger partial charge in [-0.2, -0.15) is 4.68 Å². The molecule has 0 saturated carbocycles. The summed E-state index contributed by atoms with van der Waals surface area (Å²) in [5, 5.41) is 11.4. The lowest BCUT2D eigenvalue weighted by Crippen LogP contribution is -2.36. The average molecular weight is 360 g/mol. The first kappa shape index (κ1) is 17.2. The highest BCUT2D eigenvalue weighted by Crippen LogP contribution is 2.14. The molecule has 1 aliphatic rings. The zero-order valence-corrected chi connectivity index (χ0v) is 14.5. The third kappa shape index (κ3) is 4.05. The van der Waals surface area contributed by atoms with Crippen molar-refractivity contribution in [2.24, 2.45) is 10.7 Å². The Labute approximate surface area is 146 Å². The van der Waals surface area contributed by atoms with E-state index in [1.807, 2.05) is 24.3 Å². The van der Waals surface area contributed by atoms with Crippen LogP contribution in [0.1, 0.15) is 12.8 Å². The van der Waals surface area contributed by atoms with Crippen LogP contribution in [0.3, 0.4) is 0 Å². The smallest absolute Gasteiger partial charge is 0.159 e. The molecule has 0 unspecified atom stereocenters. The van der Waals surface area contributed by atoms with E-state index in [4.69, 9.17) is 5.73 Å². The molecule has 0 radical (unpaired) electrons. The fraction of sp³-hybridized carbons (Fsp3) is 0.312. The molecule has 1 saturated heterocycles. The average Bonchev–Trinajstić information content (AvgIpc) is 3.00. The van der Waals surface area contributed by atoms with Crippen LogP contribution in [0.15, 0.2) is 53.9 Å². The van der Waals surface area contributed by atoms with E-state index in [0.29, 0.717) is 24.5 Å². The zero-order valence-electron chi connectivity index (χ0n) is 13.7. The standard InChI is InChI=1S/C16H20N6O2S/c1-12(18-13-7-10-25(23,24)11-8-13)19-16(6-9-17)22-15-5-3-2-4-14(15)20-21-22/h2-6,9,13,18H,1,7-8,10-11,17H2/b9-6-,19-16?. The summed E-state index contributed by atoms with van der Waals surface area (Å²) < 4.78 is 24.6. The number of hydrogen-bond donors (Lipinski definition) is 2. The summed E-state index contributed by atoms with van der Waals surface area (Å²) in [6.45, 7) is 3.91. The van der Waals surface area contributed by atoms with Gasteiger partial charge in [0.2, 0.25) is 0 Å². The molecule has 8 nitrogen and oxygen atoms in total. The van der Waals surface area contributed by atoms with Crippen LogP contribution >= 0.6 is 0 Å². The molecule has 0 amide bonds. The zero-order chi connectivity index (χ0) is 17.9. The van der Waals surface area contributed by atoms with Crippen molar-refractivity contribution in [1.29, 1.82) is 0 Å².